The van der Waals surface area contributed by atoms with Crippen molar-refractivity contribution in [3.05, 3.63) is 62.1 Å². The van der Waals surface area contributed by atoms with Crippen LogP contribution in [0.5, 0.6) is 0 Å². The molecule has 1 aliphatic carbocycles. The van der Waals surface area contributed by atoms with E-state index in [1.165, 1.54) is 31.4 Å². The molecule has 0 atom stereocenters. The molecule has 6 nitrogen and oxygen atoms in total. The Labute approximate surface area is 204 Å². The van der Waals surface area contributed by atoms with Crippen LogP contribution in [0.25, 0.3) is 0 Å². The van der Waals surface area contributed by atoms with Crippen LogP contribution in [0.1, 0.15) is 77.8 Å². The van der Waals surface area contributed by atoms with Gasteiger partial charge in [0, 0.05) is 47.7 Å². The smallest absolute Gasteiger partial charge is 0.253 e. The first-order chi connectivity index (χ1) is 16.2. The molecule has 2 aromatic rings. The molecule has 1 amide bonds. The summed E-state index contributed by atoms with van der Waals surface area (Å²) in [5, 5.41) is 3.02. The van der Waals surface area contributed by atoms with Gasteiger partial charge in [-0.15, -0.1) is 0 Å². The van der Waals surface area contributed by atoms with E-state index in [4.69, 9.17) is 0 Å². The fourth-order valence-corrected chi connectivity index (χ4v) is 5.50. The summed E-state index contributed by atoms with van der Waals surface area (Å²) in [7, 11) is 4.35. The minimum absolute atomic E-state index is 0.117. The Morgan fingerprint density at radius 3 is 2.21 bits per heavy atom. The summed E-state index contributed by atoms with van der Waals surface area (Å²) < 4.78 is 0. The van der Waals surface area contributed by atoms with E-state index in [0.717, 1.165) is 40.9 Å². The SMILES string of the molecule is CCc1c(C(=O)NCc2c(C)cc(C)[nH]c2=O)cc(C)cc1N(CC)C1CCC(N(C)C)CC1. The van der Waals surface area contributed by atoms with E-state index in [1.54, 1.807) is 0 Å². The number of nitrogens with zero attached hydrogens (tertiary/aromatic N) is 2. The quantitative estimate of drug-likeness (QED) is 0.601. The van der Waals surface area contributed by atoms with Crippen LogP contribution >= 0.6 is 0 Å². The summed E-state index contributed by atoms with van der Waals surface area (Å²) in [6.07, 6.45) is 5.54. The van der Waals surface area contributed by atoms with E-state index in [-0.39, 0.29) is 18.0 Å². The molecule has 0 bridgehead atoms. The Hall–Kier alpha value is -2.60. The van der Waals surface area contributed by atoms with Crippen LogP contribution in [0.2, 0.25) is 0 Å². The van der Waals surface area contributed by atoms with Gasteiger partial charge in [-0.25, -0.2) is 0 Å². The molecule has 6 heteroatoms. The van der Waals surface area contributed by atoms with Gasteiger partial charge >= 0.3 is 0 Å². The molecule has 1 aliphatic rings. The normalized spacial score (nSPS) is 18.2. The standard InChI is InChI=1S/C28H42N4O2/c1-8-23-24(27(33)29-17-25-19(4)16-20(5)30-28(25)34)14-18(3)15-26(23)32(9-2)22-12-10-21(11-13-22)31(6)7/h14-16,21-22H,8-13,17H2,1-7H3,(H,29,33)(H,30,34). The Morgan fingerprint density at radius 1 is 1.00 bits per heavy atom. The number of carbonyl (C=O) groups excluding carboxylic acids is 1. The number of nitrogens with one attached hydrogen (secondary N) is 2. The number of amides is 1. The van der Waals surface area contributed by atoms with Gasteiger partial charge in [-0.1, -0.05) is 6.92 Å². The second-order valence-corrected chi connectivity index (χ2v) is 10.0. The molecule has 1 fully saturated rings. The zero-order valence-corrected chi connectivity index (χ0v) is 22.0. The Morgan fingerprint density at radius 2 is 1.65 bits per heavy atom. The van der Waals surface area contributed by atoms with Crippen LogP contribution in [0.4, 0.5) is 5.69 Å². The number of rotatable bonds is 8. The monoisotopic (exact) mass is 466 g/mol. The molecule has 34 heavy (non-hydrogen) atoms. The Kier molecular flexibility index (Phi) is 8.58. The second-order valence-electron chi connectivity index (χ2n) is 10.0. The van der Waals surface area contributed by atoms with Gasteiger partial charge in [0.25, 0.3) is 11.5 Å². The van der Waals surface area contributed by atoms with Crippen LogP contribution in [-0.2, 0) is 13.0 Å². The summed E-state index contributed by atoms with van der Waals surface area (Å²) in [5.74, 6) is -0.117. The molecule has 1 aromatic carbocycles. The van der Waals surface area contributed by atoms with Gasteiger partial charge in [0.1, 0.15) is 0 Å². The van der Waals surface area contributed by atoms with Crippen molar-refractivity contribution in [1.29, 1.82) is 0 Å². The van der Waals surface area contributed by atoms with Crippen LogP contribution in [0.3, 0.4) is 0 Å². The lowest BCUT2D eigenvalue weighted by molar-refractivity contribution is 0.0949. The molecule has 0 spiro atoms. The lowest BCUT2D eigenvalue weighted by Gasteiger charge is -2.40. The zero-order valence-electron chi connectivity index (χ0n) is 22.0. The number of aromatic nitrogens is 1. The van der Waals surface area contributed by atoms with Crippen molar-refractivity contribution in [3.8, 4) is 0 Å². The van der Waals surface area contributed by atoms with E-state index >= 15 is 0 Å². The number of aromatic amines is 1. The van der Waals surface area contributed by atoms with E-state index < -0.39 is 0 Å². The molecule has 3 rings (SSSR count). The van der Waals surface area contributed by atoms with Crippen LogP contribution in [0.15, 0.2) is 23.0 Å². The molecule has 0 aliphatic heterocycles. The highest BCUT2D eigenvalue weighted by molar-refractivity contribution is 5.97. The second kappa shape index (κ2) is 11.2. The van der Waals surface area contributed by atoms with Crippen molar-refractivity contribution in [2.75, 3.05) is 25.5 Å². The van der Waals surface area contributed by atoms with Crippen molar-refractivity contribution in [3.63, 3.8) is 0 Å². The van der Waals surface area contributed by atoms with Gasteiger partial charge in [-0.3, -0.25) is 9.59 Å². The van der Waals surface area contributed by atoms with Gasteiger partial charge in [0.2, 0.25) is 0 Å². The topological polar surface area (TPSA) is 68.4 Å². The predicted octanol–water partition coefficient (Wildman–Crippen LogP) is 4.49. The maximum Gasteiger partial charge on any atom is 0.253 e. The number of pyridine rings is 1. The maximum absolute atomic E-state index is 13.3. The number of carbonyl (C=O) groups is 1. The summed E-state index contributed by atoms with van der Waals surface area (Å²) in [6.45, 7) is 11.3. The largest absolute Gasteiger partial charge is 0.369 e. The lowest BCUT2D eigenvalue weighted by Crippen LogP contribution is -2.42. The van der Waals surface area contributed by atoms with Gasteiger partial charge in [0.05, 0.1) is 0 Å². The fourth-order valence-electron chi connectivity index (χ4n) is 5.50. The third kappa shape index (κ3) is 5.72. The molecular weight excluding hydrogens is 424 g/mol. The molecular formula is C28H42N4O2. The van der Waals surface area contributed by atoms with E-state index in [9.17, 15) is 9.59 Å². The number of hydrogen-bond donors (Lipinski definition) is 2. The van der Waals surface area contributed by atoms with Crippen molar-refractivity contribution < 1.29 is 4.79 Å². The molecule has 0 radical (unpaired) electrons. The minimum Gasteiger partial charge on any atom is -0.369 e. The number of benzene rings is 1. The zero-order chi connectivity index (χ0) is 25.0. The first-order valence-corrected chi connectivity index (χ1v) is 12.7. The average molecular weight is 467 g/mol. The molecule has 1 aromatic heterocycles. The number of aryl methyl sites for hydroxylation is 3. The fraction of sp³-hybridized carbons (Fsp3) is 0.571. The summed E-state index contributed by atoms with van der Waals surface area (Å²) in [5.41, 5.74) is 6.28. The molecule has 186 valence electrons. The molecule has 1 saturated carbocycles. The highest BCUT2D eigenvalue weighted by atomic mass is 16.1. The third-order valence-corrected chi connectivity index (χ3v) is 7.38. The molecule has 0 unspecified atom stereocenters. The maximum atomic E-state index is 13.3. The molecule has 1 heterocycles. The highest BCUT2D eigenvalue weighted by Gasteiger charge is 2.28. The van der Waals surface area contributed by atoms with Gasteiger partial charge < -0.3 is 20.1 Å². The Balaban J connectivity index is 1.86. The lowest BCUT2D eigenvalue weighted by atomic mass is 9.88. The van der Waals surface area contributed by atoms with Crippen molar-refractivity contribution in [2.24, 2.45) is 0 Å². The number of anilines is 1. The predicted molar refractivity (Wildman–Crippen MR) is 141 cm³/mol. The van der Waals surface area contributed by atoms with Gasteiger partial charge in [-0.05, 0) is 109 Å². The van der Waals surface area contributed by atoms with Crippen molar-refractivity contribution >= 4 is 11.6 Å². The number of H-pyrrole nitrogens is 1. The Bertz CT molecular complexity index is 1060. The van der Waals surface area contributed by atoms with E-state index in [0.29, 0.717) is 17.6 Å². The van der Waals surface area contributed by atoms with Crippen molar-refractivity contribution in [1.82, 2.24) is 15.2 Å². The van der Waals surface area contributed by atoms with Crippen LogP contribution in [-0.4, -0.2) is 48.5 Å². The summed E-state index contributed by atoms with van der Waals surface area (Å²) in [6, 6.07) is 7.33. The van der Waals surface area contributed by atoms with Crippen LogP contribution in [0, 0.1) is 20.8 Å². The summed E-state index contributed by atoms with van der Waals surface area (Å²) >= 11 is 0. The summed E-state index contributed by atoms with van der Waals surface area (Å²) in [4.78, 5) is 33.4. The van der Waals surface area contributed by atoms with E-state index in [1.807, 2.05) is 26.0 Å². The number of hydrogen-bond acceptors (Lipinski definition) is 4. The minimum atomic E-state index is -0.135. The van der Waals surface area contributed by atoms with Crippen molar-refractivity contribution in [2.45, 2.75) is 85.4 Å². The first kappa shape index (κ1) is 26.0. The van der Waals surface area contributed by atoms with Gasteiger partial charge in [0.15, 0.2) is 0 Å². The van der Waals surface area contributed by atoms with E-state index in [2.05, 4.69) is 61.0 Å². The molecule has 2 N–H and O–H groups in total. The van der Waals surface area contributed by atoms with Gasteiger partial charge in [-0.2, -0.15) is 0 Å². The average Bonchev–Trinajstić information content (AvgIpc) is 2.78. The van der Waals surface area contributed by atoms with Crippen LogP contribution < -0.4 is 15.8 Å². The third-order valence-electron chi connectivity index (χ3n) is 7.38. The first-order valence-electron chi connectivity index (χ1n) is 12.7. The highest BCUT2D eigenvalue weighted by Crippen LogP contribution is 2.33. The molecule has 0 saturated heterocycles.